The van der Waals surface area contributed by atoms with Gasteiger partial charge >= 0.3 is 0 Å². The monoisotopic (exact) mass is 315 g/mol. The predicted octanol–water partition coefficient (Wildman–Crippen LogP) is 3.20. The van der Waals surface area contributed by atoms with Crippen LogP contribution >= 0.6 is 0 Å². The van der Waals surface area contributed by atoms with Crippen molar-refractivity contribution in [3.8, 4) is 0 Å². The Morgan fingerprint density at radius 2 is 1.78 bits per heavy atom. The molecule has 0 saturated carbocycles. The zero-order valence-electron chi connectivity index (χ0n) is 12.4. The predicted molar refractivity (Wildman–Crippen MR) is 85.7 cm³/mol. The molecule has 118 valence electrons. The minimum Gasteiger partial charge on any atom is -0.360 e. The molecule has 6 heteroatoms. The van der Waals surface area contributed by atoms with Crippen LogP contribution in [-0.2, 0) is 4.79 Å². The van der Waals surface area contributed by atoms with Gasteiger partial charge in [-0.15, -0.1) is 0 Å². The summed E-state index contributed by atoms with van der Waals surface area (Å²) < 4.78 is 26.7. The number of rotatable bonds is 3. The summed E-state index contributed by atoms with van der Waals surface area (Å²) in [7, 11) is 0. The van der Waals surface area contributed by atoms with Crippen molar-refractivity contribution in [1.82, 2.24) is 5.32 Å². The maximum absolute atomic E-state index is 13.3. The Balaban J connectivity index is 2.01. The van der Waals surface area contributed by atoms with Crippen molar-refractivity contribution in [2.24, 2.45) is 0 Å². The average molecular weight is 315 g/mol. The van der Waals surface area contributed by atoms with E-state index in [1.54, 1.807) is 24.3 Å². The number of nitrogens with one attached hydrogen (secondary N) is 3. The zero-order chi connectivity index (χ0) is 16.6. The van der Waals surface area contributed by atoms with Crippen molar-refractivity contribution in [2.45, 2.75) is 13.1 Å². The molecule has 2 heterocycles. The fraction of sp³-hybridized carbons (Fsp3) is 0.118. The first-order valence-corrected chi connectivity index (χ1v) is 7.08. The second-order valence-corrected chi connectivity index (χ2v) is 5.11. The highest BCUT2D eigenvalue weighted by Gasteiger charge is 2.35. The fourth-order valence-electron chi connectivity index (χ4n) is 2.66. The van der Waals surface area contributed by atoms with Crippen LogP contribution in [0.2, 0.25) is 0 Å². The number of amides is 1. The van der Waals surface area contributed by atoms with Crippen molar-refractivity contribution in [3.05, 3.63) is 71.5 Å². The molecule has 1 aromatic rings. The standard InChI is InChI=1S/C17H15F2N3O/c1-3-5-6-9-12(4-2)22-17(23)15(9)16-20-13-7-10(18)11(19)8-14(13)21-16/h3-8,16,20-21H,1H2,2H3,(H,22,23)/b6-5-,12-4+. The molecule has 0 fully saturated rings. The van der Waals surface area contributed by atoms with Crippen LogP contribution in [0.4, 0.5) is 20.2 Å². The number of carbonyl (C=O) groups is 1. The smallest absolute Gasteiger partial charge is 0.256 e. The molecule has 0 atom stereocenters. The molecule has 4 nitrogen and oxygen atoms in total. The van der Waals surface area contributed by atoms with Crippen LogP contribution in [0.5, 0.6) is 0 Å². The van der Waals surface area contributed by atoms with Crippen LogP contribution in [0, 0.1) is 11.6 Å². The van der Waals surface area contributed by atoms with Gasteiger partial charge in [0.2, 0.25) is 0 Å². The number of fused-ring (bicyclic) bond motifs is 1. The molecule has 0 bridgehead atoms. The molecule has 23 heavy (non-hydrogen) atoms. The molecule has 2 aliphatic rings. The number of allylic oxidation sites excluding steroid dienone is 4. The average Bonchev–Trinajstić information content (AvgIpc) is 3.05. The van der Waals surface area contributed by atoms with Gasteiger partial charge in [0.15, 0.2) is 11.6 Å². The maximum Gasteiger partial charge on any atom is 0.256 e. The Bertz CT molecular complexity index is 762. The second kappa shape index (κ2) is 5.72. The number of halogens is 2. The summed E-state index contributed by atoms with van der Waals surface area (Å²) in [5.74, 6) is -2.14. The van der Waals surface area contributed by atoms with E-state index in [4.69, 9.17) is 0 Å². The lowest BCUT2D eigenvalue weighted by Crippen LogP contribution is -2.31. The van der Waals surface area contributed by atoms with Gasteiger partial charge < -0.3 is 16.0 Å². The summed E-state index contributed by atoms with van der Waals surface area (Å²) in [6.07, 6.45) is 6.31. The van der Waals surface area contributed by atoms with Gasteiger partial charge in [0.25, 0.3) is 5.91 Å². The van der Waals surface area contributed by atoms with Crippen molar-refractivity contribution in [1.29, 1.82) is 0 Å². The molecule has 1 amide bonds. The van der Waals surface area contributed by atoms with E-state index in [0.29, 0.717) is 28.2 Å². The molecule has 1 aromatic carbocycles. The van der Waals surface area contributed by atoms with Gasteiger partial charge in [-0.1, -0.05) is 30.9 Å². The summed E-state index contributed by atoms with van der Waals surface area (Å²) in [5, 5.41) is 8.78. The van der Waals surface area contributed by atoms with E-state index in [0.717, 1.165) is 12.1 Å². The lowest BCUT2D eigenvalue weighted by molar-refractivity contribution is -0.116. The van der Waals surface area contributed by atoms with Crippen molar-refractivity contribution in [2.75, 3.05) is 10.6 Å². The summed E-state index contributed by atoms with van der Waals surface area (Å²) >= 11 is 0. The third kappa shape index (κ3) is 2.52. The minimum absolute atomic E-state index is 0.263. The second-order valence-electron chi connectivity index (χ2n) is 5.11. The van der Waals surface area contributed by atoms with Crippen molar-refractivity contribution in [3.63, 3.8) is 0 Å². The van der Waals surface area contributed by atoms with Crippen LogP contribution in [0.3, 0.4) is 0 Å². The van der Waals surface area contributed by atoms with Gasteiger partial charge in [-0.05, 0) is 6.92 Å². The molecule has 0 aliphatic carbocycles. The highest BCUT2D eigenvalue weighted by Crippen LogP contribution is 2.36. The Morgan fingerprint density at radius 1 is 1.17 bits per heavy atom. The van der Waals surface area contributed by atoms with E-state index in [9.17, 15) is 13.6 Å². The Kier molecular flexibility index (Phi) is 3.73. The molecule has 3 N–H and O–H groups in total. The van der Waals surface area contributed by atoms with Gasteiger partial charge in [-0.25, -0.2) is 8.78 Å². The van der Waals surface area contributed by atoms with Gasteiger partial charge in [0, 0.05) is 23.4 Å². The van der Waals surface area contributed by atoms with Crippen LogP contribution in [-0.4, -0.2) is 12.1 Å². The van der Waals surface area contributed by atoms with E-state index in [-0.39, 0.29) is 5.91 Å². The summed E-state index contributed by atoms with van der Waals surface area (Å²) in [4.78, 5) is 12.3. The van der Waals surface area contributed by atoms with E-state index >= 15 is 0 Å². The molecule has 0 spiro atoms. The van der Waals surface area contributed by atoms with Gasteiger partial charge in [0.1, 0.15) is 6.17 Å². The zero-order valence-corrected chi connectivity index (χ0v) is 12.4. The molecule has 0 unspecified atom stereocenters. The quantitative estimate of drug-likeness (QED) is 0.751. The number of benzene rings is 1. The summed E-state index contributed by atoms with van der Waals surface area (Å²) in [5.41, 5.74) is 2.66. The molecule has 0 radical (unpaired) electrons. The third-order valence-corrected chi connectivity index (χ3v) is 3.71. The highest BCUT2D eigenvalue weighted by atomic mass is 19.2. The van der Waals surface area contributed by atoms with Crippen LogP contribution < -0.4 is 16.0 Å². The van der Waals surface area contributed by atoms with Gasteiger partial charge in [-0.3, -0.25) is 4.79 Å². The Morgan fingerprint density at radius 3 is 2.30 bits per heavy atom. The van der Waals surface area contributed by atoms with E-state index in [2.05, 4.69) is 22.5 Å². The first-order valence-electron chi connectivity index (χ1n) is 7.08. The number of hydrogen-bond acceptors (Lipinski definition) is 3. The molecule has 0 aromatic heterocycles. The normalized spacial score (nSPS) is 19.1. The largest absolute Gasteiger partial charge is 0.360 e. The first-order chi connectivity index (χ1) is 11.0. The van der Waals surface area contributed by atoms with Gasteiger partial charge in [0.05, 0.1) is 16.9 Å². The third-order valence-electron chi connectivity index (χ3n) is 3.71. The molecule has 3 rings (SSSR count). The number of hydrogen-bond donors (Lipinski definition) is 3. The maximum atomic E-state index is 13.3. The minimum atomic E-state index is -0.940. The van der Waals surface area contributed by atoms with Crippen LogP contribution in [0.15, 0.2) is 59.9 Å². The van der Waals surface area contributed by atoms with E-state index in [1.165, 1.54) is 0 Å². The highest BCUT2D eigenvalue weighted by molar-refractivity contribution is 6.04. The summed E-state index contributed by atoms with van der Waals surface area (Å²) in [6.45, 7) is 5.43. The molecular weight excluding hydrogens is 300 g/mol. The SMILES string of the molecule is C=C/C=C\C1=C(C2Nc3cc(F)c(F)cc3N2)C(=O)N/C1=C/C. The lowest BCUT2D eigenvalue weighted by atomic mass is 10.1. The van der Waals surface area contributed by atoms with Crippen LogP contribution in [0.25, 0.3) is 0 Å². The lowest BCUT2D eigenvalue weighted by Gasteiger charge is -2.13. The van der Waals surface area contributed by atoms with Gasteiger partial charge in [-0.2, -0.15) is 0 Å². The number of carbonyl (C=O) groups excluding carboxylic acids is 1. The fourth-order valence-corrected chi connectivity index (χ4v) is 2.66. The summed E-state index contributed by atoms with van der Waals surface area (Å²) in [6, 6.07) is 2.14. The Labute approximate surface area is 132 Å². The van der Waals surface area contributed by atoms with Crippen molar-refractivity contribution >= 4 is 17.3 Å². The Hall–Kier alpha value is -2.89. The number of anilines is 2. The van der Waals surface area contributed by atoms with E-state index < -0.39 is 17.8 Å². The van der Waals surface area contributed by atoms with Crippen LogP contribution in [0.1, 0.15) is 6.92 Å². The molecular formula is C17H15F2N3O. The van der Waals surface area contributed by atoms with E-state index in [1.807, 2.05) is 6.92 Å². The first kappa shape index (κ1) is 15.0. The molecule has 2 aliphatic heterocycles. The topological polar surface area (TPSA) is 53.2 Å². The molecule has 0 saturated heterocycles. The van der Waals surface area contributed by atoms with Crippen molar-refractivity contribution < 1.29 is 13.6 Å².